The van der Waals surface area contributed by atoms with Crippen LogP contribution in [0.1, 0.15) is 94.2 Å². The maximum atomic E-state index is 2.40. The molecule has 100 valence electrons. The number of rotatable bonds is 3. The van der Waals surface area contributed by atoms with Gasteiger partial charge in [0.1, 0.15) is 0 Å². The molecule has 0 heterocycles. The Kier molecular flexibility index (Phi) is 4.48. The van der Waals surface area contributed by atoms with Crippen LogP contribution in [0.3, 0.4) is 0 Å². The van der Waals surface area contributed by atoms with Gasteiger partial charge in [-0.1, -0.05) is 65.2 Å². The largest absolute Gasteiger partial charge is 0.0617 e. The van der Waals surface area contributed by atoms with E-state index < -0.39 is 0 Å². The number of benzene rings is 1. The Hall–Kier alpha value is -0.780. The highest BCUT2D eigenvalue weighted by molar-refractivity contribution is 5.41. The Balaban J connectivity index is 2.41. The molecule has 1 saturated carbocycles. The van der Waals surface area contributed by atoms with E-state index in [1.807, 2.05) is 0 Å². The quantitative estimate of drug-likeness (QED) is 0.613. The Morgan fingerprint density at radius 2 is 1.56 bits per heavy atom. The highest BCUT2D eigenvalue weighted by Gasteiger charge is 2.22. The first-order valence-electron chi connectivity index (χ1n) is 7.74. The van der Waals surface area contributed by atoms with Gasteiger partial charge in [-0.15, -0.1) is 0 Å². The van der Waals surface area contributed by atoms with Gasteiger partial charge in [0, 0.05) is 0 Å². The molecule has 0 bridgehead atoms. The van der Waals surface area contributed by atoms with Crippen molar-refractivity contribution >= 4 is 0 Å². The van der Waals surface area contributed by atoms with Crippen molar-refractivity contribution in [1.82, 2.24) is 0 Å². The molecular formula is C18H28. The van der Waals surface area contributed by atoms with Crippen LogP contribution >= 0.6 is 0 Å². The molecular weight excluding hydrogens is 216 g/mol. The summed E-state index contributed by atoms with van der Waals surface area (Å²) < 4.78 is 0. The van der Waals surface area contributed by atoms with Crippen LogP contribution < -0.4 is 0 Å². The molecule has 0 saturated heterocycles. The van der Waals surface area contributed by atoms with Gasteiger partial charge < -0.3 is 0 Å². The first-order chi connectivity index (χ1) is 8.61. The highest BCUT2D eigenvalue weighted by Crippen LogP contribution is 2.39. The lowest BCUT2D eigenvalue weighted by molar-refractivity contribution is 0.440. The Morgan fingerprint density at radius 3 is 2.11 bits per heavy atom. The topological polar surface area (TPSA) is 0 Å². The van der Waals surface area contributed by atoms with Crippen molar-refractivity contribution in [2.75, 3.05) is 0 Å². The van der Waals surface area contributed by atoms with E-state index in [0.29, 0.717) is 11.8 Å². The Labute approximate surface area is 113 Å². The third-order valence-corrected chi connectivity index (χ3v) is 4.42. The average molecular weight is 244 g/mol. The third kappa shape index (κ3) is 2.79. The summed E-state index contributed by atoms with van der Waals surface area (Å²) in [6.45, 7) is 9.36. The zero-order chi connectivity index (χ0) is 13.1. The molecule has 1 aromatic rings. The maximum absolute atomic E-state index is 2.40. The monoisotopic (exact) mass is 244 g/mol. The summed E-state index contributed by atoms with van der Waals surface area (Å²) in [5.74, 6) is 2.13. The lowest BCUT2D eigenvalue weighted by atomic mass is 9.77. The Bertz CT molecular complexity index is 381. The molecule has 0 N–H and O–H groups in total. The fourth-order valence-corrected chi connectivity index (χ4v) is 3.54. The van der Waals surface area contributed by atoms with Crippen molar-refractivity contribution in [2.24, 2.45) is 0 Å². The average Bonchev–Trinajstić information content (AvgIpc) is 2.38. The predicted octanol–water partition coefficient (Wildman–Crippen LogP) is 5.98. The molecule has 1 aliphatic rings. The van der Waals surface area contributed by atoms with Crippen molar-refractivity contribution in [1.29, 1.82) is 0 Å². The smallest absolute Gasteiger partial charge is 0.0159 e. The minimum Gasteiger partial charge on any atom is -0.0617 e. The second-order valence-electron chi connectivity index (χ2n) is 6.49. The van der Waals surface area contributed by atoms with Crippen LogP contribution in [0, 0.1) is 0 Å². The molecule has 1 fully saturated rings. The van der Waals surface area contributed by atoms with Gasteiger partial charge in [-0.05, 0) is 47.3 Å². The van der Waals surface area contributed by atoms with E-state index in [0.717, 1.165) is 5.92 Å². The fourth-order valence-electron chi connectivity index (χ4n) is 3.54. The van der Waals surface area contributed by atoms with Gasteiger partial charge in [-0.25, -0.2) is 0 Å². The van der Waals surface area contributed by atoms with E-state index in [2.05, 4.69) is 45.9 Å². The molecule has 18 heavy (non-hydrogen) atoms. The van der Waals surface area contributed by atoms with Crippen LogP contribution in [0.5, 0.6) is 0 Å². The summed E-state index contributed by atoms with van der Waals surface area (Å²) in [6, 6.07) is 7.02. The summed E-state index contributed by atoms with van der Waals surface area (Å²) in [5.41, 5.74) is 4.89. The molecule has 1 aromatic carbocycles. The SMILES string of the molecule is CC(C)c1cccc(C2CCCCC2)c1C(C)C. The second kappa shape index (κ2) is 5.91. The summed E-state index contributed by atoms with van der Waals surface area (Å²) >= 11 is 0. The molecule has 1 aliphatic carbocycles. The van der Waals surface area contributed by atoms with Crippen molar-refractivity contribution in [3.05, 3.63) is 34.9 Å². The molecule has 0 spiro atoms. The van der Waals surface area contributed by atoms with Crippen LogP contribution in [-0.4, -0.2) is 0 Å². The van der Waals surface area contributed by atoms with Gasteiger partial charge in [0.2, 0.25) is 0 Å². The van der Waals surface area contributed by atoms with E-state index in [1.165, 1.54) is 32.1 Å². The maximum Gasteiger partial charge on any atom is -0.0159 e. The van der Waals surface area contributed by atoms with Crippen LogP contribution in [0.25, 0.3) is 0 Å². The minimum absolute atomic E-state index is 0.644. The second-order valence-corrected chi connectivity index (χ2v) is 6.49. The van der Waals surface area contributed by atoms with Crippen LogP contribution in [0.4, 0.5) is 0 Å². The van der Waals surface area contributed by atoms with E-state index in [4.69, 9.17) is 0 Å². The van der Waals surface area contributed by atoms with Gasteiger partial charge in [0.15, 0.2) is 0 Å². The van der Waals surface area contributed by atoms with Gasteiger partial charge in [-0.3, -0.25) is 0 Å². The zero-order valence-corrected chi connectivity index (χ0v) is 12.5. The van der Waals surface area contributed by atoms with Crippen molar-refractivity contribution in [3.63, 3.8) is 0 Å². The third-order valence-electron chi connectivity index (χ3n) is 4.42. The fraction of sp³-hybridized carbons (Fsp3) is 0.667. The lowest BCUT2D eigenvalue weighted by Gasteiger charge is -2.28. The van der Waals surface area contributed by atoms with Gasteiger partial charge in [0.05, 0.1) is 0 Å². The molecule has 0 nitrogen and oxygen atoms in total. The van der Waals surface area contributed by atoms with E-state index in [1.54, 1.807) is 16.7 Å². The first kappa shape index (κ1) is 13.6. The minimum atomic E-state index is 0.644. The summed E-state index contributed by atoms with van der Waals surface area (Å²) in [5, 5.41) is 0. The lowest BCUT2D eigenvalue weighted by Crippen LogP contribution is -2.11. The van der Waals surface area contributed by atoms with Gasteiger partial charge in [-0.2, -0.15) is 0 Å². The number of hydrogen-bond donors (Lipinski definition) is 0. The molecule has 2 rings (SSSR count). The molecule has 0 amide bonds. The summed E-state index contributed by atoms with van der Waals surface area (Å²) in [6.07, 6.45) is 7.10. The normalized spacial score (nSPS) is 17.7. The zero-order valence-electron chi connectivity index (χ0n) is 12.5. The van der Waals surface area contributed by atoms with E-state index >= 15 is 0 Å². The molecule has 0 atom stereocenters. The van der Waals surface area contributed by atoms with Gasteiger partial charge >= 0.3 is 0 Å². The number of hydrogen-bond acceptors (Lipinski definition) is 0. The summed E-state index contributed by atoms with van der Waals surface area (Å²) in [7, 11) is 0. The standard InChI is InChI=1S/C18H28/c1-13(2)16-11-8-12-17(18(16)14(3)4)15-9-6-5-7-10-15/h8,11-15H,5-7,9-10H2,1-4H3. The molecule has 0 aliphatic heterocycles. The highest BCUT2D eigenvalue weighted by atomic mass is 14.3. The van der Waals surface area contributed by atoms with Crippen molar-refractivity contribution in [3.8, 4) is 0 Å². The molecule has 0 unspecified atom stereocenters. The van der Waals surface area contributed by atoms with Crippen LogP contribution in [-0.2, 0) is 0 Å². The van der Waals surface area contributed by atoms with Crippen LogP contribution in [0.15, 0.2) is 18.2 Å². The Morgan fingerprint density at radius 1 is 0.889 bits per heavy atom. The first-order valence-corrected chi connectivity index (χ1v) is 7.74. The van der Waals surface area contributed by atoms with Crippen molar-refractivity contribution < 1.29 is 0 Å². The van der Waals surface area contributed by atoms with Gasteiger partial charge in [0.25, 0.3) is 0 Å². The predicted molar refractivity (Wildman–Crippen MR) is 80.4 cm³/mol. The van der Waals surface area contributed by atoms with Crippen LogP contribution in [0.2, 0.25) is 0 Å². The molecule has 0 aromatic heterocycles. The molecule has 0 radical (unpaired) electrons. The van der Waals surface area contributed by atoms with E-state index in [9.17, 15) is 0 Å². The molecule has 0 heteroatoms. The van der Waals surface area contributed by atoms with E-state index in [-0.39, 0.29) is 0 Å². The summed E-state index contributed by atoms with van der Waals surface area (Å²) in [4.78, 5) is 0. The van der Waals surface area contributed by atoms with Crippen molar-refractivity contribution in [2.45, 2.75) is 77.6 Å².